The van der Waals surface area contributed by atoms with Gasteiger partial charge in [0.1, 0.15) is 4.21 Å². The molecule has 0 atom stereocenters. The molecule has 0 saturated carbocycles. The van der Waals surface area contributed by atoms with Crippen LogP contribution in [0.3, 0.4) is 0 Å². The van der Waals surface area contributed by atoms with E-state index in [-0.39, 0.29) is 16.6 Å². The van der Waals surface area contributed by atoms with Crippen molar-refractivity contribution >= 4 is 60.5 Å². The summed E-state index contributed by atoms with van der Waals surface area (Å²) in [6.45, 7) is 0.205. The summed E-state index contributed by atoms with van der Waals surface area (Å²) in [4.78, 5) is 0. The van der Waals surface area contributed by atoms with Crippen molar-refractivity contribution in [3.05, 3.63) is 14.9 Å². The standard InChI is InChI=1S/C6H6BrCl2NO2S2/c7-6-4(9)3-5(13-6)14(11,12)10-2-1-8/h3,10H,1-2H2. The number of nitrogens with one attached hydrogen (secondary N) is 1. The van der Waals surface area contributed by atoms with E-state index in [0.717, 1.165) is 11.3 Å². The van der Waals surface area contributed by atoms with Crippen molar-refractivity contribution in [2.75, 3.05) is 12.4 Å². The van der Waals surface area contributed by atoms with E-state index in [4.69, 9.17) is 23.2 Å². The zero-order chi connectivity index (χ0) is 10.8. The summed E-state index contributed by atoms with van der Waals surface area (Å²) in [5.41, 5.74) is 0. The smallest absolute Gasteiger partial charge is 0.209 e. The first-order valence-electron chi connectivity index (χ1n) is 3.48. The van der Waals surface area contributed by atoms with E-state index in [1.165, 1.54) is 6.07 Å². The maximum absolute atomic E-state index is 11.5. The molecule has 0 fully saturated rings. The molecular weight excluding hydrogens is 333 g/mol. The third-order valence-corrected chi connectivity index (χ3v) is 5.87. The number of thiophene rings is 1. The second-order valence-electron chi connectivity index (χ2n) is 2.27. The molecule has 1 N–H and O–H groups in total. The molecule has 0 saturated heterocycles. The minimum absolute atomic E-state index is 0.180. The summed E-state index contributed by atoms with van der Waals surface area (Å²) in [6.07, 6.45) is 0. The van der Waals surface area contributed by atoms with Crippen molar-refractivity contribution in [3.63, 3.8) is 0 Å². The second-order valence-corrected chi connectivity index (χ2v) is 7.42. The first-order valence-corrected chi connectivity index (χ1v) is 7.48. The summed E-state index contributed by atoms with van der Waals surface area (Å²) in [7, 11) is -3.45. The summed E-state index contributed by atoms with van der Waals surface area (Å²) < 4.78 is 26.2. The Morgan fingerprint density at radius 2 is 2.21 bits per heavy atom. The van der Waals surface area contributed by atoms with Crippen molar-refractivity contribution in [2.45, 2.75) is 4.21 Å². The maximum Gasteiger partial charge on any atom is 0.250 e. The van der Waals surface area contributed by atoms with Crippen LogP contribution in [0.25, 0.3) is 0 Å². The van der Waals surface area contributed by atoms with Crippen molar-refractivity contribution < 1.29 is 8.42 Å². The van der Waals surface area contributed by atoms with Crippen molar-refractivity contribution in [3.8, 4) is 0 Å². The quantitative estimate of drug-likeness (QED) is 0.858. The van der Waals surface area contributed by atoms with Crippen LogP contribution in [0.5, 0.6) is 0 Å². The highest BCUT2D eigenvalue weighted by Crippen LogP contribution is 2.34. The normalized spacial score (nSPS) is 11.9. The fourth-order valence-corrected chi connectivity index (χ4v) is 4.38. The van der Waals surface area contributed by atoms with Gasteiger partial charge in [0, 0.05) is 12.4 Å². The van der Waals surface area contributed by atoms with E-state index in [1.54, 1.807) is 0 Å². The zero-order valence-corrected chi connectivity index (χ0v) is 11.5. The molecule has 0 radical (unpaired) electrons. The molecular formula is C6H6BrCl2NO2S2. The average molecular weight is 339 g/mol. The topological polar surface area (TPSA) is 46.2 Å². The molecule has 0 aliphatic rings. The molecule has 14 heavy (non-hydrogen) atoms. The van der Waals surface area contributed by atoms with E-state index < -0.39 is 10.0 Å². The largest absolute Gasteiger partial charge is 0.250 e. The van der Waals surface area contributed by atoms with E-state index in [9.17, 15) is 8.42 Å². The average Bonchev–Trinajstić information content (AvgIpc) is 2.45. The molecule has 0 bridgehead atoms. The lowest BCUT2D eigenvalue weighted by Gasteiger charge is -2.00. The van der Waals surface area contributed by atoms with Crippen molar-refractivity contribution in [1.82, 2.24) is 4.72 Å². The molecule has 1 aromatic heterocycles. The van der Waals surface area contributed by atoms with Crippen LogP contribution in [0, 0.1) is 0 Å². The number of alkyl halides is 1. The number of hydrogen-bond acceptors (Lipinski definition) is 3. The van der Waals surface area contributed by atoms with Crippen LogP contribution in [0.2, 0.25) is 5.02 Å². The van der Waals surface area contributed by atoms with Gasteiger partial charge in [-0.15, -0.1) is 22.9 Å². The lowest BCUT2D eigenvalue weighted by Crippen LogP contribution is -2.24. The molecule has 80 valence electrons. The highest BCUT2D eigenvalue weighted by atomic mass is 79.9. The molecule has 1 heterocycles. The van der Waals surface area contributed by atoms with Gasteiger partial charge in [-0.2, -0.15) is 0 Å². The Hall–Kier alpha value is 0.670. The maximum atomic E-state index is 11.5. The minimum Gasteiger partial charge on any atom is -0.209 e. The van der Waals surface area contributed by atoms with E-state index >= 15 is 0 Å². The van der Waals surface area contributed by atoms with Gasteiger partial charge in [-0.25, -0.2) is 13.1 Å². The summed E-state index contributed by atoms with van der Waals surface area (Å²) in [5, 5.41) is 0.390. The van der Waals surface area contributed by atoms with Crippen LogP contribution in [-0.2, 0) is 10.0 Å². The lowest BCUT2D eigenvalue weighted by molar-refractivity contribution is 0.586. The molecule has 0 aromatic carbocycles. The Balaban J connectivity index is 2.93. The molecule has 1 aromatic rings. The third-order valence-electron chi connectivity index (χ3n) is 1.27. The number of rotatable bonds is 4. The summed E-state index contributed by atoms with van der Waals surface area (Å²) in [6, 6.07) is 1.40. The summed E-state index contributed by atoms with van der Waals surface area (Å²) in [5.74, 6) is 0.236. The Morgan fingerprint density at radius 1 is 1.57 bits per heavy atom. The third kappa shape index (κ3) is 3.08. The van der Waals surface area contributed by atoms with Gasteiger partial charge in [0.25, 0.3) is 0 Å². The first kappa shape index (κ1) is 12.7. The SMILES string of the molecule is O=S(=O)(NCCCl)c1cc(Cl)c(Br)s1. The van der Waals surface area contributed by atoms with Gasteiger partial charge < -0.3 is 0 Å². The van der Waals surface area contributed by atoms with Crippen LogP contribution in [0.1, 0.15) is 0 Å². The van der Waals surface area contributed by atoms with E-state index in [0.29, 0.717) is 8.81 Å². The molecule has 1 rings (SSSR count). The van der Waals surface area contributed by atoms with Gasteiger partial charge in [-0.1, -0.05) is 11.6 Å². The Bertz CT molecular complexity index is 398. The van der Waals surface area contributed by atoms with Gasteiger partial charge >= 0.3 is 0 Å². The highest BCUT2D eigenvalue weighted by molar-refractivity contribution is 9.11. The molecule has 8 heteroatoms. The first-order chi connectivity index (χ1) is 6.47. The molecule has 3 nitrogen and oxygen atoms in total. The number of sulfonamides is 1. The van der Waals surface area contributed by atoms with Gasteiger partial charge in [0.05, 0.1) is 8.81 Å². The number of hydrogen-bond donors (Lipinski definition) is 1. The second kappa shape index (κ2) is 5.14. The van der Waals surface area contributed by atoms with Crippen LogP contribution >= 0.6 is 50.5 Å². The van der Waals surface area contributed by atoms with Crippen LogP contribution in [-0.4, -0.2) is 20.8 Å². The fraction of sp³-hybridized carbons (Fsp3) is 0.333. The Labute approximate surface area is 105 Å². The van der Waals surface area contributed by atoms with Crippen LogP contribution in [0.15, 0.2) is 14.1 Å². The van der Waals surface area contributed by atoms with E-state index in [1.807, 2.05) is 0 Å². The predicted octanol–water partition coefficient (Wildman–Crippen LogP) is 2.68. The molecule has 0 spiro atoms. The minimum atomic E-state index is -3.45. The Morgan fingerprint density at radius 3 is 2.64 bits per heavy atom. The van der Waals surface area contributed by atoms with E-state index in [2.05, 4.69) is 20.7 Å². The fourth-order valence-electron chi connectivity index (χ4n) is 0.703. The molecule has 0 amide bonds. The number of halogens is 3. The zero-order valence-electron chi connectivity index (χ0n) is 6.76. The van der Waals surface area contributed by atoms with Gasteiger partial charge in [0.15, 0.2) is 0 Å². The van der Waals surface area contributed by atoms with Gasteiger partial charge in [-0.05, 0) is 22.0 Å². The lowest BCUT2D eigenvalue weighted by atomic mass is 10.7. The van der Waals surface area contributed by atoms with Crippen LogP contribution in [0.4, 0.5) is 0 Å². The molecule has 0 aliphatic carbocycles. The highest BCUT2D eigenvalue weighted by Gasteiger charge is 2.17. The van der Waals surface area contributed by atoms with Gasteiger partial charge in [-0.3, -0.25) is 0 Å². The monoisotopic (exact) mass is 337 g/mol. The van der Waals surface area contributed by atoms with Crippen molar-refractivity contribution in [1.29, 1.82) is 0 Å². The molecule has 0 unspecified atom stereocenters. The summed E-state index contributed by atoms with van der Waals surface area (Å²) >= 11 is 15.3. The molecule has 0 aliphatic heterocycles. The van der Waals surface area contributed by atoms with Gasteiger partial charge in [0.2, 0.25) is 10.0 Å². The van der Waals surface area contributed by atoms with Crippen LogP contribution < -0.4 is 4.72 Å². The Kier molecular flexibility index (Phi) is 4.67. The van der Waals surface area contributed by atoms with Crippen molar-refractivity contribution in [2.24, 2.45) is 0 Å². The predicted molar refractivity (Wildman–Crippen MR) is 62.9 cm³/mol.